The molecule has 2 rings (SSSR count). The van der Waals surface area contributed by atoms with Crippen molar-refractivity contribution in [1.82, 2.24) is 9.80 Å². The number of nitrogens with zero attached hydrogens (tertiary/aromatic N) is 2. The molecule has 0 radical (unpaired) electrons. The van der Waals surface area contributed by atoms with E-state index < -0.39 is 0 Å². The van der Waals surface area contributed by atoms with Gasteiger partial charge in [-0.2, -0.15) is 0 Å². The zero-order valence-corrected chi connectivity index (χ0v) is 11.1. The predicted octanol–water partition coefficient (Wildman–Crippen LogP) is 0.613. The maximum Gasteiger partial charge on any atom is 0.257 e. The first-order chi connectivity index (χ1) is 8.63. The molecule has 18 heavy (non-hydrogen) atoms. The lowest BCUT2D eigenvalue weighted by molar-refractivity contribution is 0.0638. The molecule has 0 aliphatic carbocycles. The van der Waals surface area contributed by atoms with Gasteiger partial charge in [0.05, 0.1) is 11.8 Å². The number of furan rings is 1. The van der Waals surface area contributed by atoms with Crippen LogP contribution in [0.3, 0.4) is 0 Å². The van der Waals surface area contributed by atoms with E-state index in [1.807, 2.05) is 18.7 Å². The SMILES string of the molecule is Cc1coc(C)c1C(=O)N1CCN(CCN)CC1. The Balaban J connectivity index is 2.00. The summed E-state index contributed by atoms with van der Waals surface area (Å²) in [6.45, 7) is 8.67. The van der Waals surface area contributed by atoms with Crippen molar-refractivity contribution in [3.05, 3.63) is 23.2 Å². The van der Waals surface area contributed by atoms with Gasteiger partial charge in [0, 0.05) is 44.8 Å². The van der Waals surface area contributed by atoms with Crippen molar-refractivity contribution in [2.45, 2.75) is 13.8 Å². The fourth-order valence-electron chi connectivity index (χ4n) is 2.41. The summed E-state index contributed by atoms with van der Waals surface area (Å²) in [7, 11) is 0. The van der Waals surface area contributed by atoms with Crippen molar-refractivity contribution in [2.75, 3.05) is 39.3 Å². The molecule has 0 unspecified atom stereocenters. The number of aryl methyl sites for hydroxylation is 2. The van der Waals surface area contributed by atoms with Crippen LogP contribution in [-0.2, 0) is 0 Å². The third-order valence-corrected chi connectivity index (χ3v) is 3.48. The third-order valence-electron chi connectivity index (χ3n) is 3.48. The molecule has 1 fully saturated rings. The first-order valence-corrected chi connectivity index (χ1v) is 6.40. The van der Waals surface area contributed by atoms with E-state index in [-0.39, 0.29) is 5.91 Å². The number of hydrogen-bond acceptors (Lipinski definition) is 4. The number of piperazine rings is 1. The van der Waals surface area contributed by atoms with Gasteiger partial charge >= 0.3 is 0 Å². The van der Waals surface area contributed by atoms with E-state index in [2.05, 4.69) is 4.90 Å². The fraction of sp³-hybridized carbons (Fsp3) is 0.615. The highest BCUT2D eigenvalue weighted by Crippen LogP contribution is 2.18. The zero-order valence-electron chi connectivity index (χ0n) is 11.1. The lowest BCUT2D eigenvalue weighted by atomic mass is 10.1. The third kappa shape index (κ3) is 2.57. The van der Waals surface area contributed by atoms with E-state index in [4.69, 9.17) is 10.2 Å². The highest BCUT2D eigenvalue weighted by molar-refractivity contribution is 5.96. The largest absolute Gasteiger partial charge is 0.469 e. The van der Waals surface area contributed by atoms with Gasteiger partial charge in [-0.25, -0.2) is 0 Å². The molecule has 5 heteroatoms. The first kappa shape index (κ1) is 13.1. The van der Waals surface area contributed by atoms with Gasteiger partial charge in [0.2, 0.25) is 0 Å². The Morgan fingerprint density at radius 3 is 2.50 bits per heavy atom. The van der Waals surface area contributed by atoms with Crippen LogP contribution in [0.5, 0.6) is 0 Å². The lowest BCUT2D eigenvalue weighted by Gasteiger charge is -2.34. The first-order valence-electron chi connectivity index (χ1n) is 6.40. The van der Waals surface area contributed by atoms with Crippen molar-refractivity contribution < 1.29 is 9.21 Å². The van der Waals surface area contributed by atoms with E-state index in [9.17, 15) is 4.79 Å². The van der Waals surface area contributed by atoms with Crippen LogP contribution in [0.1, 0.15) is 21.7 Å². The predicted molar refractivity (Wildman–Crippen MR) is 69.6 cm³/mol. The summed E-state index contributed by atoms with van der Waals surface area (Å²) < 4.78 is 5.29. The second-order valence-electron chi connectivity index (χ2n) is 4.77. The normalized spacial score (nSPS) is 17.2. The van der Waals surface area contributed by atoms with Crippen LogP contribution in [-0.4, -0.2) is 55.0 Å². The summed E-state index contributed by atoms with van der Waals surface area (Å²) in [5.41, 5.74) is 7.18. The minimum absolute atomic E-state index is 0.0890. The number of nitrogens with two attached hydrogens (primary N) is 1. The Morgan fingerprint density at radius 1 is 1.33 bits per heavy atom. The molecule has 0 bridgehead atoms. The quantitative estimate of drug-likeness (QED) is 0.855. The Hall–Kier alpha value is -1.33. The molecule has 1 saturated heterocycles. The van der Waals surface area contributed by atoms with Crippen molar-refractivity contribution in [1.29, 1.82) is 0 Å². The smallest absolute Gasteiger partial charge is 0.257 e. The van der Waals surface area contributed by atoms with Gasteiger partial charge in [-0.05, 0) is 13.8 Å². The molecular formula is C13H21N3O2. The molecule has 0 aromatic carbocycles. The fourth-order valence-corrected chi connectivity index (χ4v) is 2.41. The van der Waals surface area contributed by atoms with Gasteiger partial charge in [-0.3, -0.25) is 9.69 Å². The molecule has 0 atom stereocenters. The van der Waals surface area contributed by atoms with Gasteiger partial charge in [0.25, 0.3) is 5.91 Å². The average molecular weight is 251 g/mol. The monoisotopic (exact) mass is 251 g/mol. The molecule has 5 nitrogen and oxygen atoms in total. The second kappa shape index (κ2) is 5.54. The second-order valence-corrected chi connectivity index (χ2v) is 4.77. The molecule has 1 aromatic rings. The average Bonchev–Trinajstić information content (AvgIpc) is 2.70. The Morgan fingerprint density at radius 2 is 2.00 bits per heavy atom. The van der Waals surface area contributed by atoms with Crippen LogP contribution in [0.4, 0.5) is 0 Å². The number of rotatable bonds is 3. The summed E-state index contributed by atoms with van der Waals surface area (Å²) in [6.07, 6.45) is 1.65. The molecule has 1 aromatic heterocycles. The van der Waals surface area contributed by atoms with Gasteiger partial charge in [0.1, 0.15) is 5.76 Å². The summed E-state index contributed by atoms with van der Waals surface area (Å²) >= 11 is 0. The van der Waals surface area contributed by atoms with E-state index >= 15 is 0 Å². The van der Waals surface area contributed by atoms with E-state index in [0.29, 0.717) is 12.3 Å². The number of carbonyl (C=O) groups is 1. The molecule has 2 N–H and O–H groups in total. The van der Waals surface area contributed by atoms with E-state index in [0.717, 1.165) is 43.9 Å². The minimum Gasteiger partial charge on any atom is -0.469 e. The van der Waals surface area contributed by atoms with Crippen molar-refractivity contribution in [3.8, 4) is 0 Å². The van der Waals surface area contributed by atoms with Gasteiger partial charge in [0.15, 0.2) is 0 Å². The van der Waals surface area contributed by atoms with Crippen molar-refractivity contribution in [3.63, 3.8) is 0 Å². The van der Waals surface area contributed by atoms with Gasteiger partial charge < -0.3 is 15.1 Å². The van der Waals surface area contributed by atoms with Crippen LogP contribution >= 0.6 is 0 Å². The lowest BCUT2D eigenvalue weighted by Crippen LogP contribution is -2.49. The molecule has 1 amide bonds. The molecule has 1 aliphatic heterocycles. The maximum atomic E-state index is 12.4. The minimum atomic E-state index is 0.0890. The molecule has 0 spiro atoms. The van der Waals surface area contributed by atoms with Crippen molar-refractivity contribution >= 4 is 5.91 Å². The van der Waals surface area contributed by atoms with Crippen LogP contribution in [0.15, 0.2) is 10.7 Å². The summed E-state index contributed by atoms with van der Waals surface area (Å²) in [5, 5.41) is 0. The topological polar surface area (TPSA) is 62.7 Å². The summed E-state index contributed by atoms with van der Waals surface area (Å²) in [6, 6.07) is 0. The molecule has 100 valence electrons. The van der Waals surface area contributed by atoms with Crippen LogP contribution < -0.4 is 5.73 Å². The molecule has 0 saturated carbocycles. The van der Waals surface area contributed by atoms with Gasteiger partial charge in [-0.15, -0.1) is 0 Å². The number of amides is 1. The van der Waals surface area contributed by atoms with E-state index in [1.165, 1.54) is 0 Å². The Kier molecular flexibility index (Phi) is 4.04. The molecule has 2 heterocycles. The zero-order chi connectivity index (χ0) is 13.1. The highest BCUT2D eigenvalue weighted by atomic mass is 16.3. The van der Waals surface area contributed by atoms with Crippen molar-refractivity contribution in [2.24, 2.45) is 5.73 Å². The number of carbonyl (C=O) groups excluding carboxylic acids is 1. The standard InChI is InChI=1S/C13H21N3O2/c1-10-9-18-11(2)12(10)13(17)16-7-5-15(4-3-14)6-8-16/h9H,3-8,14H2,1-2H3. The molecule has 1 aliphatic rings. The summed E-state index contributed by atoms with van der Waals surface area (Å²) in [4.78, 5) is 16.6. The maximum absolute atomic E-state index is 12.4. The summed E-state index contributed by atoms with van der Waals surface area (Å²) in [5.74, 6) is 0.799. The van der Waals surface area contributed by atoms with Gasteiger partial charge in [-0.1, -0.05) is 0 Å². The van der Waals surface area contributed by atoms with Crippen LogP contribution in [0.2, 0.25) is 0 Å². The number of hydrogen-bond donors (Lipinski definition) is 1. The van der Waals surface area contributed by atoms with Crippen LogP contribution in [0.25, 0.3) is 0 Å². The van der Waals surface area contributed by atoms with E-state index in [1.54, 1.807) is 6.26 Å². The molecular weight excluding hydrogens is 230 g/mol. The Bertz CT molecular complexity index is 400. The van der Waals surface area contributed by atoms with Crippen LogP contribution in [0, 0.1) is 13.8 Å². The Labute approximate surface area is 108 Å². The highest BCUT2D eigenvalue weighted by Gasteiger charge is 2.25.